The molecule has 2 heterocycles. The van der Waals surface area contributed by atoms with Crippen LogP contribution in [0, 0.1) is 6.92 Å². The van der Waals surface area contributed by atoms with Gasteiger partial charge in [0, 0.05) is 6.20 Å². The molecular formula is C11H12BrN3O2. The average Bonchev–Trinajstić information content (AvgIpc) is 2.24. The van der Waals surface area contributed by atoms with Crippen LogP contribution in [0.2, 0.25) is 0 Å². The average molecular weight is 298 g/mol. The molecule has 1 unspecified atom stereocenters. The lowest BCUT2D eigenvalue weighted by Gasteiger charge is -2.33. The van der Waals surface area contributed by atoms with Crippen molar-refractivity contribution in [2.24, 2.45) is 0 Å². The van der Waals surface area contributed by atoms with Crippen LogP contribution in [0.1, 0.15) is 12.5 Å². The van der Waals surface area contributed by atoms with Gasteiger partial charge in [-0.1, -0.05) is 0 Å². The Kier molecular flexibility index (Phi) is 3.15. The van der Waals surface area contributed by atoms with Crippen LogP contribution in [0.4, 0.5) is 5.82 Å². The summed E-state index contributed by atoms with van der Waals surface area (Å²) in [7, 11) is 0. The Hall–Kier alpha value is -1.43. The molecule has 1 N–H and O–H groups in total. The molecule has 0 aromatic carbocycles. The molecular weight excluding hydrogens is 286 g/mol. The highest BCUT2D eigenvalue weighted by Crippen LogP contribution is 2.26. The number of pyridine rings is 1. The van der Waals surface area contributed by atoms with Gasteiger partial charge < -0.3 is 4.90 Å². The molecule has 5 nitrogen and oxygen atoms in total. The lowest BCUT2D eigenvalue weighted by Crippen LogP contribution is -2.57. The van der Waals surface area contributed by atoms with Gasteiger partial charge in [0.1, 0.15) is 11.9 Å². The summed E-state index contributed by atoms with van der Waals surface area (Å²) < 4.78 is 0.784. The van der Waals surface area contributed by atoms with Crippen LogP contribution in [0.3, 0.4) is 0 Å². The first-order valence-electron chi connectivity index (χ1n) is 5.21. The minimum absolute atomic E-state index is 0.140. The van der Waals surface area contributed by atoms with E-state index in [2.05, 4.69) is 26.2 Å². The van der Waals surface area contributed by atoms with Crippen LogP contribution in [0.25, 0.3) is 0 Å². The van der Waals surface area contributed by atoms with Crippen molar-refractivity contribution in [2.75, 3.05) is 11.4 Å². The van der Waals surface area contributed by atoms with Crippen molar-refractivity contribution in [3.05, 3.63) is 22.3 Å². The Balaban J connectivity index is 2.37. The maximum absolute atomic E-state index is 11.5. The number of anilines is 1. The molecule has 2 amide bonds. The van der Waals surface area contributed by atoms with Gasteiger partial charge in [0.25, 0.3) is 0 Å². The van der Waals surface area contributed by atoms with Gasteiger partial charge in [0.05, 0.1) is 11.0 Å². The fraction of sp³-hybridized carbons (Fsp3) is 0.364. The fourth-order valence-corrected chi connectivity index (χ4v) is 2.40. The number of carbonyl (C=O) groups excluding carboxylic acids is 2. The number of piperazine rings is 1. The molecule has 0 spiro atoms. The van der Waals surface area contributed by atoms with Crippen molar-refractivity contribution >= 4 is 33.6 Å². The summed E-state index contributed by atoms with van der Waals surface area (Å²) in [5, 5.41) is 2.30. The van der Waals surface area contributed by atoms with Crippen molar-refractivity contribution < 1.29 is 9.59 Å². The zero-order valence-electron chi connectivity index (χ0n) is 9.53. The molecule has 0 saturated carbocycles. The first kappa shape index (κ1) is 12.0. The van der Waals surface area contributed by atoms with Gasteiger partial charge >= 0.3 is 0 Å². The molecule has 6 heteroatoms. The lowest BCUT2D eigenvalue weighted by atomic mass is 10.2. The minimum atomic E-state index is -0.404. The second-order valence-electron chi connectivity index (χ2n) is 4.03. The first-order valence-corrected chi connectivity index (χ1v) is 6.01. The van der Waals surface area contributed by atoms with E-state index >= 15 is 0 Å². The number of rotatable bonds is 1. The Morgan fingerprint density at radius 3 is 2.88 bits per heavy atom. The molecule has 1 aromatic rings. The zero-order chi connectivity index (χ0) is 12.6. The number of aryl methyl sites for hydroxylation is 1. The molecule has 1 aliphatic rings. The van der Waals surface area contributed by atoms with E-state index in [9.17, 15) is 9.59 Å². The number of imide groups is 1. The van der Waals surface area contributed by atoms with Crippen LogP contribution in [-0.4, -0.2) is 29.4 Å². The van der Waals surface area contributed by atoms with Crippen LogP contribution in [0.15, 0.2) is 16.7 Å². The van der Waals surface area contributed by atoms with Crippen molar-refractivity contribution in [3.8, 4) is 0 Å². The maximum atomic E-state index is 11.5. The van der Waals surface area contributed by atoms with E-state index in [1.54, 1.807) is 18.0 Å². The van der Waals surface area contributed by atoms with Crippen molar-refractivity contribution in [3.63, 3.8) is 0 Å². The smallest absolute Gasteiger partial charge is 0.249 e. The predicted octanol–water partition coefficient (Wildman–Crippen LogP) is 1.00. The summed E-state index contributed by atoms with van der Waals surface area (Å²) in [6, 6.07) is 1.51. The van der Waals surface area contributed by atoms with Crippen LogP contribution >= 0.6 is 15.9 Å². The van der Waals surface area contributed by atoms with Gasteiger partial charge in [-0.3, -0.25) is 14.9 Å². The van der Waals surface area contributed by atoms with E-state index in [-0.39, 0.29) is 18.4 Å². The Morgan fingerprint density at radius 2 is 2.24 bits per heavy atom. The number of aromatic nitrogens is 1. The lowest BCUT2D eigenvalue weighted by molar-refractivity contribution is -0.132. The summed E-state index contributed by atoms with van der Waals surface area (Å²) in [4.78, 5) is 28.9. The molecule has 0 aliphatic carbocycles. The number of carbonyl (C=O) groups is 2. The SMILES string of the molecule is Cc1cnc(N2CC(=O)NC(=O)C2C)c(Br)c1. The number of hydrogen-bond acceptors (Lipinski definition) is 4. The Morgan fingerprint density at radius 1 is 1.53 bits per heavy atom. The second kappa shape index (κ2) is 4.44. The summed E-state index contributed by atoms with van der Waals surface area (Å²) in [5.41, 5.74) is 1.01. The molecule has 0 bridgehead atoms. The third-order valence-electron chi connectivity index (χ3n) is 2.65. The third kappa shape index (κ3) is 2.31. The third-order valence-corrected chi connectivity index (χ3v) is 3.24. The molecule has 1 aliphatic heterocycles. The molecule has 1 saturated heterocycles. The number of halogens is 1. The quantitative estimate of drug-likeness (QED) is 0.786. The van der Waals surface area contributed by atoms with Gasteiger partial charge in [-0.15, -0.1) is 0 Å². The van der Waals surface area contributed by atoms with E-state index in [0.717, 1.165) is 10.0 Å². The van der Waals surface area contributed by atoms with Crippen molar-refractivity contribution in [1.29, 1.82) is 0 Å². The molecule has 1 fully saturated rings. The minimum Gasteiger partial charge on any atom is -0.335 e. The highest BCUT2D eigenvalue weighted by Gasteiger charge is 2.31. The topological polar surface area (TPSA) is 62.3 Å². The van der Waals surface area contributed by atoms with Gasteiger partial charge in [0.2, 0.25) is 11.8 Å². The van der Waals surface area contributed by atoms with E-state index < -0.39 is 6.04 Å². The molecule has 1 aromatic heterocycles. The molecule has 2 rings (SSSR count). The van der Waals surface area contributed by atoms with Crippen molar-refractivity contribution in [2.45, 2.75) is 19.9 Å². The van der Waals surface area contributed by atoms with Gasteiger partial charge in [-0.25, -0.2) is 4.98 Å². The molecule has 90 valence electrons. The summed E-state index contributed by atoms with van der Waals surface area (Å²) in [5.74, 6) is 0.0178. The number of nitrogens with zero attached hydrogens (tertiary/aromatic N) is 2. The van der Waals surface area contributed by atoms with E-state index in [1.807, 2.05) is 13.0 Å². The maximum Gasteiger partial charge on any atom is 0.249 e. The van der Waals surface area contributed by atoms with E-state index in [4.69, 9.17) is 0 Å². The highest BCUT2D eigenvalue weighted by molar-refractivity contribution is 9.10. The van der Waals surface area contributed by atoms with E-state index in [0.29, 0.717) is 5.82 Å². The summed E-state index contributed by atoms with van der Waals surface area (Å²) >= 11 is 3.40. The fourth-order valence-electron chi connectivity index (χ4n) is 1.71. The largest absolute Gasteiger partial charge is 0.335 e. The van der Waals surface area contributed by atoms with Gasteiger partial charge in [-0.05, 0) is 41.4 Å². The van der Waals surface area contributed by atoms with Crippen LogP contribution in [-0.2, 0) is 9.59 Å². The van der Waals surface area contributed by atoms with Crippen molar-refractivity contribution in [1.82, 2.24) is 10.3 Å². The molecule has 1 atom stereocenters. The van der Waals surface area contributed by atoms with Gasteiger partial charge in [-0.2, -0.15) is 0 Å². The summed E-state index contributed by atoms with van der Waals surface area (Å²) in [6.07, 6.45) is 1.71. The number of amides is 2. The van der Waals surface area contributed by atoms with Crippen LogP contribution < -0.4 is 10.2 Å². The molecule has 0 radical (unpaired) electrons. The normalized spacial score (nSPS) is 20.4. The van der Waals surface area contributed by atoms with Crippen LogP contribution in [0.5, 0.6) is 0 Å². The first-order chi connectivity index (χ1) is 7.99. The van der Waals surface area contributed by atoms with E-state index in [1.165, 1.54) is 0 Å². The summed E-state index contributed by atoms with van der Waals surface area (Å²) in [6.45, 7) is 3.82. The predicted molar refractivity (Wildman–Crippen MR) is 66.6 cm³/mol. The number of hydrogen-bond donors (Lipinski definition) is 1. The monoisotopic (exact) mass is 297 g/mol. The Bertz CT molecular complexity index is 490. The van der Waals surface area contributed by atoms with Gasteiger partial charge in [0.15, 0.2) is 0 Å². The highest BCUT2D eigenvalue weighted by atomic mass is 79.9. The zero-order valence-corrected chi connectivity index (χ0v) is 11.1. The second-order valence-corrected chi connectivity index (χ2v) is 4.89. The Labute approximate surface area is 107 Å². The number of nitrogens with one attached hydrogen (secondary N) is 1. The standard InChI is InChI=1S/C11H12BrN3O2/c1-6-3-8(12)10(13-4-6)15-5-9(16)14-11(17)7(15)2/h3-4,7H,5H2,1-2H3,(H,14,16,17). The molecule has 17 heavy (non-hydrogen) atoms.